The molecule has 56 heavy (non-hydrogen) atoms. The fourth-order valence-corrected chi connectivity index (χ4v) is 8.49. The summed E-state index contributed by atoms with van der Waals surface area (Å²) in [5.74, 6) is 1.84. The highest BCUT2D eigenvalue weighted by Crippen LogP contribution is 2.49. The van der Waals surface area contributed by atoms with Crippen LogP contribution in [0.4, 0.5) is 0 Å². The van der Waals surface area contributed by atoms with Crippen molar-refractivity contribution in [3.05, 3.63) is 170 Å². The Hall–Kier alpha value is -7.70. The maximum Gasteiger partial charge on any atom is 0.165 e. The van der Waals surface area contributed by atoms with Gasteiger partial charge in [-0.1, -0.05) is 146 Å². The quantitative estimate of drug-likeness (QED) is 0.169. The molecule has 8 aromatic carbocycles. The van der Waals surface area contributed by atoms with Crippen LogP contribution in [0.3, 0.4) is 0 Å². The average Bonchev–Trinajstić information content (AvgIpc) is 3.85. The number of rotatable bonds is 4. The fourth-order valence-electron chi connectivity index (χ4n) is 8.49. The van der Waals surface area contributed by atoms with Gasteiger partial charge >= 0.3 is 0 Å². The van der Waals surface area contributed by atoms with E-state index in [0.717, 1.165) is 104 Å². The van der Waals surface area contributed by atoms with Crippen LogP contribution >= 0.6 is 0 Å². The summed E-state index contributed by atoms with van der Waals surface area (Å²) < 4.78 is 13.2. The summed E-state index contributed by atoms with van der Waals surface area (Å²) >= 11 is 0. The molecule has 0 spiro atoms. The largest absolute Gasteiger partial charge is 0.456 e. The molecule has 0 aliphatic rings. The molecule has 4 aromatic heterocycles. The minimum Gasteiger partial charge on any atom is -0.456 e. The first-order valence-electron chi connectivity index (χ1n) is 18.6. The standard InChI is InChI=1S/C50H28N4O2/c1-3-15-29(16-4-1)48-52-49(30-17-5-2-6-18-30)54-50(53-48)42-33-21-9-7-19-31(33)41(32-20-8-10-22-34(32)42)46-44-36-24-12-14-26-39(36)56-47(44)45-37(51-46)27-28-40-43(45)35-23-11-13-25-38(35)55-40/h1-28H. The molecule has 0 aliphatic heterocycles. The highest BCUT2D eigenvalue weighted by molar-refractivity contribution is 6.31. The van der Waals surface area contributed by atoms with Gasteiger partial charge in [0, 0.05) is 38.4 Å². The Labute approximate surface area is 319 Å². The molecule has 6 nitrogen and oxygen atoms in total. The number of nitrogens with zero attached hydrogens (tertiary/aromatic N) is 4. The highest BCUT2D eigenvalue weighted by atomic mass is 16.3. The summed E-state index contributed by atoms with van der Waals surface area (Å²) in [4.78, 5) is 21.0. The zero-order valence-electron chi connectivity index (χ0n) is 29.8. The number of benzene rings is 8. The lowest BCUT2D eigenvalue weighted by Gasteiger charge is -2.18. The molecule has 4 heterocycles. The van der Waals surface area contributed by atoms with Gasteiger partial charge in [0.25, 0.3) is 0 Å². The van der Waals surface area contributed by atoms with E-state index in [2.05, 4.69) is 72.8 Å². The van der Waals surface area contributed by atoms with Crippen LogP contribution in [0.1, 0.15) is 0 Å². The van der Waals surface area contributed by atoms with E-state index in [1.54, 1.807) is 0 Å². The molecule has 0 N–H and O–H groups in total. The van der Waals surface area contributed by atoms with Gasteiger partial charge < -0.3 is 8.83 Å². The molecule has 0 radical (unpaired) electrons. The molecule has 0 atom stereocenters. The Bertz CT molecular complexity index is 3420. The summed E-state index contributed by atoms with van der Waals surface area (Å²) in [6.45, 7) is 0. The van der Waals surface area contributed by atoms with E-state index in [1.165, 1.54) is 0 Å². The number of hydrogen-bond acceptors (Lipinski definition) is 6. The Morgan fingerprint density at radius 3 is 1.36 bits per heavy atom. The minimum atomic E-state index is 0.608. The van der Waals surface area contributed by atoms with Crippen LogP contribution in [0.2, 0.25) is 0 Å². The smallest absolute Gasteiger partial charge is 0.165 e. The molecule has 0 unspecified atom stereocenters. The lowest BCUT2D eigenvalue weighted by atomic mass is 9.88. The number of furan rings is 2. The third-order valence-corrected chi connectivity index (χ3v) is 10.9. The van der Waals surface area contributed by atoms with E-state index in [4.69, 9.17) is 28.8 Å². The summed E-state index contributed by atoms with van der Waals surface area (Å²) in [6, 6.07) is 57.8. The number of para-hydroxylation sites is 2. The van der Waals surface area contributed by atoms with Crippen LogP contribution in [0.5, 0.6) is 0 Å². The van der Waals surface area contributed by atoms with Gasteiger partial charge in [-0.2, -0.15) is 0 Å². The molecule has 0 fully saturated rings. The van der Waals surface area contributed by atoms with Gasteiger partial charge in [-0.05, 0) is 45.8 Å². The molecule has 0 bridgehead atoms. The van der Waals surface area contributed by atoms with Gasteiger partial charge in [0.05, 0.1) is 22.0 Å². The molecule has 12 rings (SSSR count). The minimum absolute atomic E-state index is 0.608. The molecular weight excluding hydrogens is 689 g/mol. The second-order valence-corrected chi connectivity index (χ2v) is 14.1. The van der Waals surface area contributed by atoms with Crippen molar-refractivity contribution in [2.75, 3.05) is 0 Å². The Morgan fingerprint density at radius 2 is 0.768 bits per heavy atom. The molecule has 0 aliphatic carbocycles. The van der Waals surface area contributed by atoms with E-state index in [9.17, 15) is 0 Å². The van der Waals surface area contributed by atoms with E-state index < -0.39 is 0 Å². The van der Waals surface area contributed by atoms with Gasteiger partial charge in [0.1, 0.15) is 22.3 Å². The molecule has 260 valence electrons. The van der Waals surface area contributed by atoms with Crippen LogP contribution in [0.15, 0.2) is 179 Å². The summed E-state index contributed by atoms with van der Waals surface area (Å²) in [6.07, 6.45) is 0. The van der Waals surface area contributed by atoms with Crippen molar-refractivity contribution in [1.82, 2.24) is 19.9 Å². The summed E-state index contributed by atoms with van der Waals surface area (Å²) in [5, 5.41) is 9.07. The van der Waals surface area contributed by atoms with Gasteiger partial charge in [0.2, 0.25) is 0 Å². The molecule has 12 aromatic rings. The number of hydrogen-bond donors (Lipinski definition) is 0. The third-order valence-electron chi connectivity index (χ3n) is 10.9. The second kappa shape index (κ2) is 11.9. The van der Waals surface area contributed by atoms with Crippen molar-refractivity contribution in [2.45, 2.75) is 0 Å². The Kier molecular flexibility index (Phi) is 6.53. The van der Waals surface area contributed by atoms with Crippen molar-refractivity contribution in [2.24, 2.45) is 0 Å². The molecule has 6 heteroatoms. The zero-order chi connectivity index (χ0) is 36.7. The number of aromatic nitrogens is 4. The Balaban J connectivity index is 1.22. The first kappa shape index (κ1) is 30.7. The number of fused-ring (bicyclic) bond motifs is 11. The second-order valence-electron chi connectivity index (χ2n) is 14.1. The van der Waals surface area contributed by atoms with Crippen LogP contribution in [-0.2, 0) is 0 Å². The molecule has 0 saturated carbocycles. The number of pyridine rings is 1. The maximum absolute atomic E-state index is 6.87. The lowest BCUT2D eigenvalue weighted by Crippen LogP contribution is -2.02. The van der Waals surface area contributed by atoms with Crippen molar-refractivity contribution in [3.8, 4) is 45.4 Å². The van der Waals surface area contributed by atoms with E-state index in [1.807, 2.05) is 97.1 Å². The predicted molar refractivity (Wildman–Crippen MR) is 226 cm³/mol. The van der Waals surface area contributed by atoms with Crippen molar-refractivity contribution in [3.63, 3.8) is 0 Å². The SMILES string of the molecule is c1ccc(-c2nc(-c3ccccc3)nc(-c3c4ccccc4c(-c4nc5ccc6oc7ccccc7c6c5c5oc6ccccc6c45)c4ccccc34)n2)cc1. The first-order valence-corrected chi connectivity index (χ1v) is 18.6. The Morgan fingerprint density at radius 1 is 0.304 bits per heavy atom. The zero-order valence-corrected chi connectivity index (χ0v) is 29.8. The monoisotopic (exact) mass is 716 g/mol. The van der Waals surface area contributed by atoms with Crippen LogP contribution in [0, 0.1) is 0 Å². The molecular formula is C50H28N4O2. The van der Waals surface area contributed by atoms with E-state index in [-0.39, 0.29) is 0 Å². The van der Waals surface area contributed by atoms with Gasteiger partial charge in [0.15, 0.2) is 17.5 Å². The third kappa shape index (κ3) is 4.50. The maximum atomic E-state index is 6.87. The fraction of sp³-hybridized carbons (Fsp3) is 0. The summed E-state index contributed by atoms with van der Waals surface area (Å²) in [5.41, 5.74) is 8.74. The molecule has 0 saturated heterocycles. The highest BCUT2D eigenvalue weighted by Gasteiger charge is 2.26. The van der Waals surface area contributed by atoms with E-state index >= 15 is 0 Å². The van der Waals surface area contributed by atoms with Gasteiger partial charge in [-0.25, -0.2) is 19.9 Å². The van der Waals surface area contributed by atoms with Crippen LogP contribution < -0.4 is 0 Å². The lowest BCUT2D eigenvalue weighted by molar-refractivity contribution is 0.667. The van der Waals surface area contributed by atoms with Crippen molar-refractivity contribution >= 4 is 76.3 Å². The average molecular weight is 717 g/mol. The van der Waals surface area contributed by atoms with Gasteiger partial charge in [-0.15, -0.1) is 0 Å². The molecule has 0 amide bonds. The van der Waals surface area contributed by atoms with Crippen LogP contribution in [-0.4, -0.2) is 19.9 Å². The first-order chi connectivity index (χ1) is 27.8. The van der Waals surface area contributed by atoms with Crippen LogP contribution in [0.25, 0.3) is 122 Å². The summed E-state index contributed by atoms with van der Waals surface area (Å²) in [7, 11) is 0. The van der Waals surface area contributed by atoms with Gasteiger partial charge in [-0.3, -0.25) is 0 Å². The van der Waals surface area contributed by atoms with Crippen molar-refractivity contribution in [1.29, 1.82) is 0 Å². The predicted octanol–water partition coefficient (Wildman–Crippen LogP) is 13.2. The normalized spacial score (nSPS) is 11.9. The van der Waals surface area contributed by atoms with E-state index in [0.29, 0.717) is 17.5 Å². The topological polar surface area (TPSA) is 77.8 Å². The van der Waals surface area contributed by atoms with Crippen molar-refractivity contribution < 1.29 is 8.83 Å².